The van der Waals surface area contributed by atoms with Crippen molar-refractivity contribution < 1.29 is 5.11 Å². The van der Waals surface area contributed by atoms with Crippen LogP contribution in [0.4, 0.5) is 5.69 Å². The average Bonchev–Trinajstić information content (AvgIpc) is 2.28. The van der Waals surface area contributed by atoms with E-state index in [1.54, 1.807) is 0 Å². The van der Waals surface area contributed by atoms with Gasteiger partial charge >= 0.3 is 0 Å². The van der Waals surface area contributed by atoms with Gasteiger partial charge in [0, 0.05) is 11.1 Å². The summed E-state index contributed by atoms with van der Waals surface area (Å²) in [4.78, 5) is 0. The molecular formula is C15H19NO. The molecule has 0 aliphatic rings. The molecule has 0 saturated carbocycles. The lowest BCUT2D eigenvalue weighted by Crippen LogP contribution is -2.39. The van der Waals surface area contributed by atoms with Crippen LogP contribution in [-0.2, 0) is 0 Å². The second-order valence-corrected chi connectivity index (χ2v) is 5.05. The van der Waals surface area contributed by atoms with Gasteiger partial charge in [-0.25, -0.2) is 0 Å². The first-order valence-electron chi connectivity index (χ1n) is 5.95. The van der Waals surface area contributed by atoms with Crippen LogP contribution in [0.15, 0.2) is 42.5 Å². The summed E-state index contributed by atoms with van der Waals surface area (Å²) in [6.45, 7) is 5.62. The Kier molecular flexibility index (Phi) is 3.07. The van der Waals surface area contributed by atoms with Crippen molar-refractivity contribution in [3.63, 3.8) is 0 Å². The van der Waals surface area contributed by atoms with Gasteiger partial charge in [0.1, 0.15) is 0 Å². The van der Waals surface area contributed by atoms with Crippen molar-refractivity contribution >= 4 is 16.5 Å². The van der Waals surface area contributed by atoms with Crippen molar-refractivity contribution in [1.82, 2.24) is 0 Å². The fourth-order valence-electron chi connectivity index (χ4n) is 1.76. The van der Waals surface area contributed by atoms with E-state index in [2.05, 4.69) is 23.5 Å². The van der Waals surface area contributed by atoms with Crippen molar-refractivity contribution in [2.75, 3.05) is 5.32 Å². The standard InChI is InChI=1S/C15H19NO/c1-11(15(2,3)17)16-14-10-6-8-12-7-4-5-9-13(12)14/h4-11,16-17H,1-3H3. The van der Waals surface area contributed by atoms with Gasteiger partial charge in [-0.2, -0.15) is 0 Å². The van der Waals surface area contributed by atoms with Gasteiger partial charge in [-0.1, -0.05) is 36.4 Å². The first kappa shape index (κ1) is 11.9. The summed E-state index contributed by atoms with van der Waals surface area (Å²) in [6, 6.07) is 14.4. The third kappa shape index (κ3) is 2.59. The average molecular weight is 229 g/mol. The Labute approximate surface area is 102 Å². The Morgan fingerprint density at radius 3 is 2.41 bits per heavy atom. The zero-order valence-corrected chi connectivity index (χ0v) is 10.6. The van der Waals surface area contributed by atoms with Crippen LogP contribution in [0.1, 0.15) is 20.8 Å². The zero-order chi connectivity index (χ0) is 12.5. The summed E-state index contributed by atoms with van der Waals surface area (Å²) in [6.07, 6.45) is 0. The molecule has 0 amide bonds. The van der Waals surface area contributed by atoms with Crippen LogP contribution in [0.5, 0.6) is 0 Å². The molecule has 2 heteroatoms. The van der Waals surface area contributed by atoms with Gasteiger partial charge in [-0.15, -0.1) is 0 Å². The van der Waals surface area contributed by atoms with Gasteiger partial charge in [0.15, 0.2) is 0 Å². The molecule has 17 heavy (non-hydrogen) atoms. The molecule has 2 rings (SSSR count). The maximum absolute atomic E-state index is 9.96. The van der Waals surface area contributed by atoms with Gasteiger partial charge in [0.2, 0.25) is 0 Å². The minimum Gasteiger partial charge on any atom is -0.388 e. The molecular weight excluding hydrogens is 210 g/mol. The lowest BCUT2D eigenvalue weighted by atomic mass is 10.00. The maximum atomic E-state index is 9.96. The first-order valence-corrected chi connectivity index (χ1v) is 5.95. The predicted octanol–water partition coefficient (Wildman–Crippen LogP) is 3.41. The first-order chi connectivity index (χ1) is 7.98. The molecule has 0 radical (unpaired) electrons. The topological polar surface area (TPSA) is 32.3 Å². The minimum atomic E-state index is -0.739. The van der Waals surface area contributed by atoms with Gasteiger partial charge in [-0.3, -0.25) is 0 Å². The Morgan fingerprint density at radius 1 is 1.06 bits per heavy atom. The van der Waals surface area contributed by atoms with E-state index in [4.69, 9.17) is 0 Å². The molecule has 0 heterocycles. The highest BCUT2D eigenvalue weighted by molar-refractivity contribution is 5.93. The molecule has 90 valence electrons. The summed E-state index contributed by atoms with van der Waals surface area (Å²) < 4.78 is 0. The highest BCUT2D eigenvalue weighted by Crippen LogP contribution is 2.25. The third-order valence-corrected chi connectivity index (χ3v) is 3.22. The number of hydrogen-bond acceptors (Lipinski definition) is 2. The van der Waals surface area contributed by atoms with E-state index in [9.17, 15) is 5.11 Å². The zero-order valence-electron chi connectivity index (χ0n) is 10.6. The van der Waals surface area contributed by atoms with Crippen molar-refractivity contribution in [3.8, 4) is 0 Å². The van der Waals surface area contributed by atoms with Crippen LogP contribution in [-0.4, -0.2) is 16.7 Å². The molecule has 2 N–H and O–H groups in total. The molecule has 0 spiro atoms. The van der Waals surface area contributed by atoms with E-state index in [-0.39, 0.29) is 6.04 Å². The normalized spacial score (nSPS) is 13.6. The number of benzene rings is 2. The highest BCUT2D eigenvalue weighted by atomic mass is 16.3. The lowest BCUT2D eigenvalue weighted by Gasteiger charge is -2.28. The van der Waals surface area contributed by atoms with Crippen molar-refractivity contribution in [3.05, 3.63) is 42.5 Å². The van der Waals surface area contributed by atoms with Gasteiger partial charge in [0.05, 0.1) is 11.6 Å². The van der Waals surface area contributed by atoms with Gasteiger partial charge < -0.3 is 10.4 Å². The van der Waals surface area contributed by atoms with E-state index >= 15 is 0 Å². The van der Waals surface area contributed by atoms with Gasteiger partial charge in [0.25, 0.3) is 0 Å². The Balaban J connectivity index is 2.36. The Morgan fingerprint density at radius 2 is 1.71 bits per heavy atom. The molecule has 1 unspecified atom stereocenters. The summed E-state index contributed by atoms with van der Waals surface area (Å²) in [5.41, 5.74) is 0.328. The lowest BCUT2D eigenvalue weighted by molar-refractivity contribution is 0.0649. The summed E-state index contributed by atoms with van der Waals surface area (Å²) in [5, 5.41) is 15.7. The van der Waals surface area contributed by atoms with E-state index in [1.807, 2.05) is 45.0 Å². The fourth-order valence-corrected chi connectivity index (χ4v) is 1.76. The second kappa shape index (κ2) is 4.38. The quantitative estimate of drug-likeness (QED) is 0.845. The van der Waals surface area contributed by atoms with Crippen molar-refractivity contribution in [2.45, 2.75) is 32.4 Å². The van der Waals surface area contributed by atoms with E-state index < -0.39 is 5.60 Å². The molecule has 0 fully saturated rings. The summed E-state index contributed by atoms with van der Waals surface area (Å²) in [5.74, 6) is 0. The molecule has 1 atom stereocenters. The third-order valence-electron chi connectivity index (χ3n) is 3.22. The number of hydrogen-bond donors (Lipinski definition) is 2. The minimum absolute atomic E-state index is 0.00620. The number of anilines is 1. The summed E-state index contributed by atoms with van der Waals surface area (Å²) in [7, 11) is 0. The second-order valence-electron chi connectivity index (χ2n) is 5.05. The van der Waals surface area contributed by atoms with E-state index in [0.717, 1.165) is 5.69 Å². The number of aliphatic hydroxyl groups is 1. The van der Waals surface area contributed by atoms with Gasteiger partial charge in [-0.05, 0) is 32.2 Å². The van der Waals surface area contributed by atoms with E-state index in [1.165, 1.54) is 10.8 Å². The fraction of sp³-hybridized carbons (Fsp3) is 0.333. The molecule has 0 aliphatic heterocycles. The molecule has 2 aromatic carbocycles. The molecule has 0 saturated heterocycles. The van der Waals surface area contributed by atoms with Crippen LogP contribution in [0, 0.1) is 0 Å². The van der Waals surface area contributed by atoms with Crippen molar-refractivity contribution in [1.29, 1.82) is 0 Å². The smallest absolute Gasteiger partial charge is 0.0789 e. The molecule has 0 bridgehead atoms. The maximum Gasteiger partial charge on any atom is 0.0789 e. The van der Waals surface area contributed by atoms with Crippen LogP contribution in [0.3, 0.4) is 0 Å². The Hall–Kier alpha value is -1.54. The van der Waals surface area contributed by atoms with Crippen LogP contribution < -0.4 is 5.32 Å². The van der Waals surface area contributed by atoms with Crippen LogP contribution in [0.25, 0.3) is 10.8 Å². The molecule has 2 aromatic rings. The van der Waals surface area contributed by atoms with Crippen LogP contribution in [0.2, 0.25) is 0 Å². The van der Waals surface area contributed by atoms with Crippen molar-refractivity contribution in [2.24, 2.45) is 0 Å². The van der Waals surface area contributed by atoms with E-state index in [0.29, 0.717) is 0 Å². The monoisotopic (exact) mass is 229 g/mol. The number of rotatable bonds is 3. The molecule has 2 nitrogen and oxygen atoms in total. The molecule has 0 aliphatic carbocycles. The number of nitrogens with one attached hydrogen (secondary N) is 1. The largest absolute Gasteiger partial charge is 0.388 e. The number of fused-ring (bicyclic) bond motifs is 1. The van der Waals surface area contributed by atoms with Crippen LogP contribution >= 0.6 is 0 Å². The molecule has 0 aromatic heterocycles. The summed E-state index contributed by atoms with van der Waals surface area (Å²) >= 11 is 0. The highest BCUT2D eigenvalue weighted by Gasteiger charge is 2.22. The SMILES string of the molecule is CC(Nc1cccc2ccccc12)C(C)(C)O. The Bertz CT molecular complexity index is 508. The predicted molar refractivity (Wildman–Crippen MR) is 73.3 cm³/mol.